The summed E-state index contributed by atoms with van der Waals surface area (Å²) in [6, 6.07) is 14.7. The summed E-state index contributed by atoms with van der Waals surface area (Å²) in [6.07, 6.45) is 4.56. The van der Waals surface area contributed by atoms with Gasteiger partial charge in [0.25, 0.3) is 0 Å². The number of carbonyl (C=O) groups excluding carboxylic acids is 1. The van der Waals surface area contributed by atoms with Crippen LogP contribution in [0.1, 0.15) is 47.6 Å². The van der Waals surface area contributed by atoms with Crippen LogP contribution in [-0.4, -0.2) is 13.0 Å². The monoisotopic (exact) mass is 323 g/mol. The maximum atomic E-state index is 12.4. The summed E-state index contributed by atoms with van der Waals surface area (Å²) in [5, 5.41) is 3.22. The summed E-state index contributed by atoms with van der Waals surface area (Å²) in [5.41, 5.74) is 4.95. The number of rotatable bonds is 5. The lowest BCUT2D eigenvalue weighted by Gasteiger charge is -2.26. The van der Waals surface area contributed by atoms with Crippen molar-refractivity contribution in [3.8, 4) is 5.75 Å². The zero-order valence-electron chi connectivity index (χ0n) is 14.5. The van der Waals surface area contributed by atoms with Crippen molar-refractivity contribution in [2.24, 2.45) is 0 Å². The Balaban J connectivity index is 1.58. The van der Waals surface area contributed by atoms with Crippen molar-refractivity contribution < 1.29 is 9.53 Å². The van der Waals surface area contributed by atoms with E-state index in [2.05, 4.69) is 35.6 Å². The number of hydrogen-bond donors (Lipinski definition) is 1. The number of benzene rings is 2. The molecule has 0 saturated heterocycles. The molecule has 2 aromatic rings. The Kier molecular flexibility index (Phi) is 5.19. The summed E-state index contributed by atoms with van der Waals surface area (Å²) < 4.78 is 5.28. The van der Waals surface area contributed by atoms with Crippen molar-refractivity contribution in [3.63, 3.8) is 0 Å². The molecule has 0 fully saturated rings. The molecule has 1 atom stereocenters. The first-order chi connectivity index (χ1) is 11.7. The van der Waals surface area contributed by atoms with E-state index < -0.39 is 0 Å². The molecule has 126 valence electrons. The molecule has 24 heavy (non-hydrogen) atoms. The fraction of sp³-hybridized carbons (Fsp3) is 0.381. The van der Waals surface area contributed by atoms with E-state index in [1.54, 1.807) is 7.11 Å². The van der Waals surface area contributed by atoms with E-state index in [-0.39, 0.29) is 11.9 Å². The van der Waals surface area contributed by atoms with Gasteiger partial charge in [-0.05, 0) is 60.9 Å². The third kappa shape index (κ3) is 3.78. The number of amides is 1. The molecule has 0 aliphatic heterocycles. The van der Waals surface area contributed by atoms with E-state index in [1.807, 2.05) is 19.1 Å². The predicted octanol–water partition coefficient (Wildman–Crippen LogP) is 4.13. The summed E-state index contributed by atoms with van der Waals surface area (Å²) in [4.78, 5) is 12.4. The Morgan fingerprint density at radius 2 is 2.08 bits per heavy atom. The molecule has 0 saturated carbocycles. The third-order valence-electron chi connectivity index (χ3n) is 4.80. The molecule has 0 radical (unpaired) electrons. The first-order valence-corrected chi connectivity index (χ1v) is 8.68. The number of carbonyl (C=O) groups is 1. The van der Waals surface area contributed by atoms with Gasteiger partial charge < -0.3 is 10.1 Å². The van der Waals surface area contributed by atoms with Crippen LogP contribution < -0.4 is 10.1 Å². The van der Waals surface area contributed by atoms with Crippen LogP contribution in [0.3, 0.4) is 0 Å². The summed E-state index contributed by atoms with van der Waals surface area (Å²) >= 11 is 0. The van der Waals surface area contributed by atoms with Gasteiger partial charge in [0.05, 0.1) is 13.2 Å². The highest BCUT2D eigenvalue weighted by molar-refractivity contribution is 5.76. The van der Waals surface area contributed by atoms with Gasteiger partial charge >= 0.3 is 0 Å². The van der Waals surface area contributed by atoms with Crippen LogP contribution in [0.15, 0.2) is 42.5 Å². The fourth-order valence-corrected chi connectivity index (χ4v) is 3.52. The van der Waals surface area contributed by atoms with Crippen molar-refractivity contribution >= 4 is 5.91 Å². The highest BCUT2D eigenvalue weighted by atomic mass is 16.5. The molecule has 1 aliphatic carbocycles. The maximum absolute atomic E-state index is 12.4. The minimum atomic E-state index is 0.130. The first-order valence-electron chi connectivity index (χ1n) is 8.68. The Bertz CT molecular complexity index is 724. The highest BCUT2D eigenvalue weighted by Gasteiger charge is 2.21. The standard InChI is InChI=1S/C21H25NO2/c1-15-14-16(10-12-20(15)24-2)11-13-21(23)22-19-9-5-7-17-6-3-4-8-18(17)19/h3-4,6,8,10,12,14,19H,5,7,9,11,13H2,1-2H3,(H,22,23)/t19-/m1/s1. The Morgan fingerprint density at radius 3 is 2.88 bits per heavy atom. The SMILES string of the molecule is COc1ccc(CCC(=O)N[C@@H]2CCCc3ccccc32)cc1C. The van der Waals surface area contributed by atoms with Crippen molar-refractivity contribution in [1.29, 1.82) is 0 Å². The van der Waals surface area contributed by atoms with Gasteiger partial charge in [-0.2, -0.15) is 0 Å². The molecular weight excluding hydrogens is 298 g/mol. The van der Waals surface area contributed by atoms with Gasteiger partial charge in [0.1, 0.15) is 5.75 Å². The molecule has 1 amide bonds. The lowest BCUT2D eigenvalue weighted by atomic mass is 9.87. The van der Waals surface area contributed by atoms with Gasteiger partial charge in [-0.1, -0.05) is 36.4 Å². The van der Waals surface area contributed by atoms with Crippen molar-refractivity contribution in [3.05, 3.63) is 64.7 Å². The molecule has 0 unspecified atom stereocenters. The Labute approximate surface area is 144 Å². The molecule has 0 heterocycles. The minimum absolute atomic E-state index is 0.130. The molecule has 1 N–H and O–H groups in total. The number of methoxy groups -OCH3 is 1. The van der Waals surface area contributed by atoms with E-state index >= 15 is 0 Å². The second-order valence-electron chi connectivity index (χ2n) is 6.52. The number of nitrogens with one attached hydrogen (secondary N) is 1. The molecule has 0 aromatic heterocycles. The summed E-state index contributed by atoms with van der Waals surface area (Å²) in [7, 11) is 1.68. The summed E-state index contributed by atoms with van der Waals surface area (Å²) in [5.74, 6) is 1.02. The number of ether oxygens (including phenoxy) is 1. The van der Waals surface area contributed by atoms with Gasteiger partial charge in [0.2, 0.25) is 5.91 Å². The molecule has 2 aromatic carbocycles. The van der Waals surface area contributed by atoms with Gasteiger partial charge in [-0.25, -0.2) is 0 Å². The predicted molar refractivity (Wildman–Crippen MR) is 96.3 cm³/mol. The van der Waals surface area contributed by atoms with Gasteiger partial charge in [0, 0.05) is 6.42 Å². The summed E-state index contributed by atoms with van der Waals surface area (Å²) in [6.45, 7) is 2.03. The normalized spacial score (nSPS) is 16.3. The van der Waals surface area contributed by atoms with E-state index in [4.69, 9.17) is 4.74 Å². The van der Waals surface area contributed by atoms with Gasteiger partial charge in [0.15, 0.2) is 0 Å². The Morgan fingerprint density at radius 1 is 1.25 bits per heavy atom. The zero-order chi connectivity index (χ0) is 16.9. The smallest absolute Gasteiger partial charge is 0.220 e. The van der Waals surface area contributed by atoms with Crippen LogP contribution in [0, 0.1) is 6.92 Å². The molecular formula is C21H25NO2. The number of aryl methyl sites for hydroxylation is 3. The average molecular weight is 323 g/mol. The van der Waals surface area contributed by atoms with Gasteiger partial charge in [-0.3, -0.25) is 4.79 Å². The number of fused-ring (bicyclic) bond motifs is 1. The van der Waals surface area contributed by atoms with Crippen LogP contribution in [-0.2, 0) is 17.6 Å². The Hall–Kier alpha value is -2.29. The van der Waals surface area contributed by atoms with Crippen LogP contribution in [0.2, 0.25) is 0 Å². The van der Waals surface area contributed by atoms with Crippen molar-refractivity contribution in [2.75, 3.05) is 7.11 Å². The molecule has 1 aliphatic rings. The molecule has 3 rings (SSSR count). The van der Waals surface area contributed by atoms with Crippen LogP contribution in [0.25, 0.3) is 0 Å². The number of hydrogen-bond acceptors (Lipinski definition) is 2. The molecule has 0 bridgehead atoms. The van der Waals surface area contributed by atoms with Crippen LogP contribution >= 0.6 is 0 Å². The van der Waals surface area contributed by atoms with Crippen molar-refractivity contribution in [2.45, 2.75) is 45.1 Å². The lowest BCUT2D eigenvalue weighted by molar-refractivity contribution is -0.121. The average Bonchev–Trinajstić information content (AvgIpc) is 2.60. The molecule has 3 nitrogen and oxygen atoms in total. The quantitative estimate of drug-likeness (QED) is 0.898. The third-order valence-corrected chi connectivity index (χ3v) is 4.80. The molecule has 3 heteroatoms. The minimum Gasteiger partial charge on any atom is -0.496 e. The van der Waals surface area contributed by atoms with E-state index in [1.165, 1.54) is 16.7 Å². The first kappa shape index (κ1) is 16.6. The van der Waals surface area contributed by atoms with E-state index in [0.29, 0.717) is 6.42 Å². The second-order valence-corrected chi connectivity index (χ2v) is 6.52. The van der Waals surface area contributed by atoms with E-state index in [9.17, 15) is 4.79 Å². The van der Waals surface area contributed by atoms with Crippen LogP contribution in [0.4, 0.5) is 0 Å². The zero-order valence-corrected chi connectivity index (χ0v) is 14.5. The van der Waals surface area contributed by atoms with Gasteiger partial charge in [-0.15, -0.1) is 0 Å². The maximum Gasteiger partial charge on any atom is 0.220 e. The highest BCUT2D eigenvalue weighted by Crippen LogP contribution is 2.29. The fourth-order valence-electron chi connectivity index (χ4n) is 3.52. The topological polar surface area (TPSA) is 38.3 Å². The molecule has 0 spiro atoms. The lowest BCUT2D eigenvalue weighted by Crippen LogP contribution is -2.31. The van der Waals surface area contributed by atoms with Crippen molar-refractivity contribution in [1.82, 2.24) is 5.32 Å². The van der Waals surface area contributed by atoms with E-state index in [0.717, 1.165) is 37.0 Å². The second kappa shape index (κ2) is 7.52. The van der Waals surface area contributed by atoms with Crippen LogP contribution in [0.5, 0.6) is 5.75 Å². The largest absolute Gasteiger partial charge is 0.496 e.